The van der Waals surface area contributed by atoms with Gasteiger partial charge >= 0.3 is 0 Å². The Morgan fingerprint density at radius 3 is 2.50 bits per heavy atom. The molecule has 0 spiro atoms. The third-order valence-electron chi connectivity index (χ3n) is 0.518. The average Bonchev–Trinajstić information content (AvgIpc) is 1.59. The molecule has 0 rings (SSSR count). The molecule has 4 heteroatoms. The lowest BCUT2D eigenvalue weighted by molar-refractivity contribution is 0.495. The van der Waals surface area contributed by atoms with Crippen molar-refractivity contribution >= 4 is 7.37 Å². The first-order valence-electron chi connectivity index (χ1n) is 2.24. The van der Waals surface area contributed by atoms with Gasteiger partial charge in [0, 0.05) is 13.2 Å². The molecule has 0 radical (unpaired) electrons. The van der Waals surface area contributed by atoms with E-state index < -0.39 is 7.37 Å². The highest BCUT2D eigenvalue weighted by molar-refractivity contribution is 7.60. The van der Waals surface area contributed by atoms with Crippen LogP contribution in [0.5, 0.6) is 0 Å². The zero-order valence-corrected chi connectivity index (χ0v) is 5.64. The van der Waals surface area contributed by atoms with Crippen LogP contribution in [0.3, 0.4) is 0 Å². The van der Waals surface area contributed by atoms with Gasteiger partial charge in [0.25, 0.3) is 0 Å². The van der Waals surface area contributed by atoms with E-state index >= 15 is 0 Å². The highest BCUT2D eigenvalue weighted by Crippen LogP contribution is 2.36. The Morgan fingerprint density at radius 2 is 2.38 bits per heavy atom. The summed E-state index contributed by atoms with van der Waals surface area (Å²) in [5.74, 6) is 1.23. The van der Waals surface area contributed by atoms with Gasteiger partial charge in [0.05, 0.1) is 0 Å². The van der Waals surface area contributed by atoms with Crippen molar-refractivity contribution in [2.75, 3.05) is 13.2 Å². The molecule has 3 nitrogen and oxygen atoms in total. The predicted molar refractivity (Wildman–Crippen MR) is 33.9 cm³/mol. The molecule has 0 saturated heterocycles. The molecule has 48 valence electrons. The van der Waals surface area contributed by atoms with E-state index in [4.69, 9.17) is 10.6 Å². The van der Waals surface area contributed by atoms with E-state index in [1.54, 1.807) is 0 Å². The summed E-state index contributed by atoms with van der Waals surface area (Å²) in [6.45, 7) is 1.58. The summed E-state index contributed by atoms with van der Waals surface area (Å²) in [6, 6.07) is 0. The molecule has 1 unspecified atom stereocenters. The molecular formula is C4H10NO2P. The van der Waals surface area contributed by atoms with Crippen LogP contribution in [0.15, 0.2) is 11.9 Å². The van der Waals surface area contributed by atoms with E-state index in [2.05, 4.69) is 0 Å². The fraction of sp³-hybridized carbons (Fsp3) is 0.500. The molecule has 0 heterocycles. The van der Waals surface area contributed by atoms with Crippen LogP contribution in [0, 0.1) is 0 Å². The van der Waals surface area contributed by atoms with Crippen LogP contribution in [0.2, 0.25) is 0 Å². The number of hydrogen-bond acceptors (Lipinski definition) is 2. The summed E-state index contributed by atoms with van der Waals surface area (Å²) >= 11 is 0. The Balaban J connectivity index is 3.71. The average molecular weight is 135 g/mol. The summed E-state index contributed by atoms with van der Waals surface area (Å²) in [5, 5.41) is 0. The van der Waals surface area contributed by atoms with Crippen LogP contribution in [-0.4, -0.2) is 18.1 Å². The molecule has 0 saturated carbocycles. The topological polar surface area (TPSA) is 63.3 Å². The molecule has 0 amide bonds. The molecule has 8 heavy (non-hydrogen) atoms. The van der Waals surface area contributed by atoms with Crippen LogP contribution in [-0.2, 0) is 4.57 Å². The van der Waals surface area contributed by atoms with Gasteiger partial charge in [-0.1, -0.05) is 6.08 Å². The fourth-order valence-electron chi connectivity index (χ4n) is 0.256. The molecule has 0 fully saturated rings. The van der Waals surface area contributed by atoms with Crippen LogP contribution in [0.4, 0.5) is 0 Å². The Morgan fingerprint density at radius 1 is 1.88 bits per heavy atom. The third-order valence-corrected chi connectivity index (χ3v) is 1.28. The van der Waals surface area contributed by atoms with E-state index in [0.717, 1.165) is 0 Å². The van der Waals surface area contributed by atoms with Gasteiger partial charge in [0.2, 0.25) is 7.37 Å². The lowest BCUT2D eigenvalue weighted by atomic mass is 10.7. The van der Waals surface area contributed by atoms with Crippen LogP contribution in [0.1, 0.15) is 0 Å². The number of hydrogen-bond donors (Lipinski definition) is 2. The third kappa shape index (κ3) is 5.89. The summed E-state index contributed by atoms with van der Waals surface area (Å²) < 4.78 is 10.4. The van der Waals surface area contributed by atoms with Gasteiger partial charge in [0.15, 0.2) is 0 Å². The van der Waals surface area contributed by atoms with Crippen molar-refractivity contribution in [3.05, 3.63) is 11.9 Å². The summed E-state index contributed by atoms with van der Waals surface area (Å²) in [6.07, 6.45) is 1.47. The lowest BCUT2D eigenvalue weighted by Gasteiger charge is -1.92. The Hall–Kier alpha value is -0.110. The van der Waals surface area contributed by atoms with Gasteiger partial charge < -0.3 is 10.6 Å². The molecule has 0 bridgehead atoms. The van der Waals surface area contributed by atoms with Gasteiger partial charge in [-0.15, -0.1) is 0 Å². The van der Waals surface area contributed by atoms with Crippen molar-refractivity contribution in [2.45, 2.75) is 0 Å². The van der Waals surface area contributed by atoms with Crippen molar-refractivity contribution in [1.82, 2.24) is 0 Å². The molecule has 0 aromatic rings. The van der Waals surface area contributed by atoms with Crippen LogP contribution < -0.4 is 5.73 Å². The molecule has 3 N–H and O–H groups in total. The first-order chi connectivity index (χ1) is 3.56. The molecule has 0 aliphatic carbocycles. The number of rotatable bonds is 2. The van der Waals surface area contributed by atoms with Gasteiger partial charge in [0.1, 0.15) is 0 Å². The Bertz CT molecular complexity index is 126. The van der Waals surface area contributed by atoms with Crippen molar-refractivity contribution in [2.24, 2.45) is 5.73 Å². The lowest BCUT2D eigenvalue weighted by Crippen LogP contribution is -1.91. The van der Waals surface area contributed by atoms with Gasteiger partial charge in [-0.2, -0.15) is 0 Å². The minimum atomic E-state index is -2.94. The quantitative estimate of drug-likeness (QED) is 0.537. The van der Waals surface area contributed by atoms with Crippen LogP contribution in [0.25, 0.3) is 0 Å². The normalized spacial score (nSPS) is 18.9. The van der Waals surface area contributed by atoms with Gasteiger partial charge in [-0.05, 0) is 5.82 Å². The zero-order chi connectivity index (χ0) is 6.62. The summed E-state index contributed by atoms with van der Waals surface area (Å²) in [7, 11) is -2.94. The monoisotopic (exact) mass is 135 g/mol. The largest absolute Gasteiger partial charge is 0.342 e. The SMILES string of the molecule is CP(=O)(O)C=CCN. The molecule has 0 aliphatic rings. The van der Waals surface area contributed by atoms with Crippen molar-refractivity contribution in [3.8, 4) is 0 Å². The van der Waals surface area contributed by atoms with E-state index in [1.807, 2.05) is 0 Å². The summed E-state index contributed by atoms with van der Waals surface area (Å²) in [4.78, 5) is 8.56. The van der Waals surface area contributed by atoms with E-state index in [9.17, 15) is 4.57 Å². The maximum Gasteiger partial charge on any atom is 0.219 e. The Kier molecular flexibility index (Phi) is 2.98. The fourth-order valence-corrected chi connectivity index (χ4v) is 0.769. The van der Waals surface area contributed by atoms with Crippen molar-refractivity contribution < 1.29 is 9.46 Å². The standard InChI is InChI=1S/C4H10NO2P/c1-8(6,7)4-2-3-5/h2,4H,3,5H2,1H3,(H,6,7). The maximum atomic E-state index is 10.4. The molecule has 0 aliphatic heterocycles. The van der Waals surface area contributed by atoms with Gasteiger partial charge in [-0.25, -0.2) is 0 Å². The first-order valence-corrected chi connectivity index (χ1v) is 4.41. The zero-order valence-electron chi connectivity index (χ0n) is 4.74. The molecule has 0 aromatic carbocycles. The van der Waals surface area contributed by atoms with E-state index in [0.29, 0.717) is 6.54 Å². The first kappa shape index (κ1) is 7.89. The van der Waals surface area contributed by atoms with Crippen LogP contribution >= 0.6 is 7.37 Å². The second-order valence-corrected chi connectivity index (χ2v) is 3.75. The molecule has 0 aromatic heterocycles. The maximum absolute atomic E-state index is 10.4. The second kappa shape index (κ2) is 3.02. The minimum absolute atomic E-state index is 0.318. The summed E-state index contributed by atoms with van der Waals surface area (Å²) in [5.41, 5.74) is 5.02. The number of nitrogens with two attached hydrogens (primary N) is 1. The molecule has 1 atom stereocenters. The second-order valence-electron chi connectivity index (χ2n) is 1.56. The highest BCUT2D eigenvalue weighted by Gasteiger charge is 1.99. The highest BCUT2D eigenvalue weighted by atomic mass is 31.2. The van der Waals surface area contributed by atoms with Crippen molar-refractivity contribution in [1.29, 1.82) is 0 Å². The predicted octanol–water partition coefficient (Wildman–Crippen LogP) is 0.359. The smallest absolute Gasteiger partial charge is 0.219 e. The minimum Gasteiger partial charge on any atom is -0.342 e. The van der Waals surface area contributed by atoms with E-state index in [-0.39, 0.29) is 0 Å². The molecular weight excluding hydrogens is 125 g/mol. The van der Waals surface area contributed by atoms with E-state index in [1.165, 1.54) is 18.6 Å². The van der Waals surface area contributed by atoms with Gasteiger partial charge in [-0.3, -0.25) is 4.57 Å². The Labute approximate surface area is 48.7 Å². The van der Waals surface area contributed by atoms with Crippen molar-refractivity contribution in [3.63, 3.8) is 0 Å².